The van der Waals surface area contributed by atoms with E-state index in [0.717, 1.165) is 63.1 Å². The van der Waals surface area contributed by atoms with E-state index < -0.39 is 0 Å². The van der Waals surface area contributed by atoms with E-state index in [1.54, 1.807) is 0 Å². The highest BCUT2D eigenvalue weighted by molar-refractivity contribution is 6.32. The fourth-order valence-electron chi connectivity index (χ4n) is 6.63. The van der Waals surface area contributed by atoms with Gasteiger partial charge in [-0.25, -0.2) is 0 Å². The molecule has 1 N–H and O–H groups in total. The molecule has 1 amide bonds. The zero-order chi connectivity index (χ0) is 24.9. The molecule has 6 heteroatoms. The molecule has 0 radical (unpaired) electrons. The van der Waals surface area contributed by atoms with Crippen LogP contribution in [0.5, 0.6) is 0 Å². The number of alkyl halides is 2. The van der Waals surface area contributed by atoms with E-state index in [1.807, 2.05) is 18.2 Å². The Morgan fingerprint density at radius 3 is 2.72 bits per heavy atom. The number of carbonyl (C=O) groups excluding carboxylic acids is 1. The normalized spacial score (nSPS) is 33.1. The van der Waals surface area contributed by atoms with Crippen molar-refractivity contribution >= 4 is 35.2 Å². The number of fused-ring (bicyclic) bond motifs is 2. The summed E-state index contributed by atoms with van der Waals surface area (Å²) in [5, 5.41) is 3.04. The summed E-state index contributed by atoms with van der Waals surface area (Å²) in [6.07, 6.45) is 15.1. The Morgan fingerprint density at radius 2 is 1.94 bits per heavy atom. The van der Waals surface area contributed by atoms with Crippen molar-refractivity contribution in [3.8, 4) is 0 Å². The van der Waals surface area contributed by atoms with E-state index in [0.29, 0.717) is 18.5 Å². The summed E-state index contributed by atoms with van der Waals surface area (Å²) >= 11 is 12.6. The third-order valence-corrected chi connectivity index (χ3v) is 9.86. The minimum Gasteiger partial charge on any atom is -0.376 e. The Hall–Kier alpha value is -2.01. The second-order valence-electron chi connectivity index (χ2n) is 11.1. The summed E-state index contributed by atoms with van der Waals surface area (Å²) in [6, 6.07) is 9.32. The molecule has 1 saturated carbocycles. The second-order valence-corrected chi connectivity index (χ2v) is 12.1. The lowest BCUT2D eigenvalue weighted by Gasteiger charge is -2.46. The standard InChI is InChI=1S/C30H35Cl2N3O/c1-20-18-34(15-13-30(20)12-10-21-4-2-3-5-25(21)30)24-11-14-35(19-24)28(36)17-33-29(22-6-7-22)23-8-9-26(31)27(32)16-23/h2-5,8-10,12,16,20,24,26-27,33H,6-7,11,13-15,17-19H2,1H3/t20-,24?,26?,27?,30-/m0/s1. The molecule has 190 valence electrons. The van der Waals surface area contributed by atoms with Gasteiger partial charge in [-0.1, -0.05) is 61.6 Å². The van der Waals surface area contributed by atoms with Gasteiger partial charge in [-0.05, 0) is 60.4 Å². The molecule has 3 aliphatic carbocycles. The maximum Gasteiger partial charge on any atom is 0.241 e. The smallest absolute Gasteiger partial charge is 0.241 e. The van der Waals surface area contributed by atoms with Gasteiger partial charge < -0.3 is 10.2 Å². The van der Waals surface area contributed by atoms with Gasteiger partial charge in [0.2, 0.25) is 5.91 Å². The summed E-state index contributed by atoms with van der Waals surface area (Å²) < 4.78 is 0. The maximum absolute atomic E-state index is 13.2. The molecule has 5 aliphatic rings. The lowest BCUT2D eigenvalue weighted by Crippen LogP contribution is -2.51. The van der Waals surface area contributed by atoms with E-state index in [2.05, 4.69) is 58.5 Å². The molecule has 3 fully saturated rings. The Kier molecular flexibility index (Phi) is 6.56. The van der Waals surface area contributed by atoms with Crippen molar-refractivity contribution in [1.29, 1.82) is 0 Å². The fraction of sp³-hybridized carbons (Fsp3) is 0.500. The first-order chi connectivity index (χ1) is 17.4. The van der Waals surface area contributed by atoms with Gasteiger partial charge in [-0.3, -0.25) is 9.69 Å². The van der Waals surface area contributed by atoms with Crippen LogP contribution in [0, 0.1) is 5.92 Å². The summed E-state index contributed by atoms with van der Waals surface area (Å²) in [4.78, 5) is 17.8. The van der Waals surface area contributed by atoms with E-state index in [9.17, 15) is 4.79 Å². The first kappa shape index (κ1) is 24.3. The van der Waals surface area contributed by atoms with Crippen molar-refractivity contribution in [2.75, 3.05) is 32.7 Å². The average molecular weight is 525 g/mol. The molecule has 2 saturated heterocycles. The van der Waals surface area contributed by atoms with Crippen LogP contribution in [0.25, 0.3) is 6.08 Å². The molecule has 36 heavy (non-hydrogen) atoms. The van der Waals surface area contributed by atoms with Crippen LogP contribution >= 0.6 is 23.2 Å². The molecule has 0 bridgehead atoms. The molecule has 5 atom stereocenters. The first-order valence-electron chi connectivity index (χ1n) is 13.4. The fourth-order valence-corrected chi connectivity index (χ4v) is 6.99. The van der Waals surface area contributed by atoms with E-state index in [1.165, 1.54) is 16.7 Å². The molecule has 1 aromatic rings. The second kappa shape index (κ2) is 9.70. The highest BCUT2D eigenvalue weighted by atomic mass is 35.5. The van der Waals surface area contributed by atoms with Crippen LogP contribution in [0.15, 0.2) is 65.4 Å². The van der Waals surface area contributed by atoms with Crippen LogP contribution in [0.4, 0.5) is 0 Å². The number of hydrogen-bond acceptors (Lipinski definition) is 3. The highest BCUT2D eigenvalue weighted by Gasteiger charge is 2.45. The SMILES string of the molecule is C[C@H]1CN(C2CCN(C(=O)CNC(C3=CC(Cl)C(Cl)C=C3)=C3CC3)C2)CC[C@@]12C=Cc1ccccc12. The Balaban J connectivity index is 1.04. The minimum atomic E-state index is -0.225. The number of nitrogens with zero attached hydrogens (tertiary/aromatic N) is 2. The molecule has 3 unspecified atom stereocenters. The number of piperidine rings is 1. The Bertz CT molecular complexity index is 1160. The van der Waals surface area contributed by atoms with Crippen molar-refractivity contribution in [1.82, 2.24) is 15.1 Å². The average Bonchev–Trinajstić information content (AvgIpc) is 3.47. The van der Waals surface area contributed by atoms with Crippen LogP contribution < -0.4 is 5.32 Å². The molecule has 6 rings (SSSR count). The van der Waals surface area contributed by atoms with Crippen molar-refractivity contribution in [3.05, 3.63) is 76.5 Å². The lowest BCUT2D eigenvalue weighted by molar-refractivity contribution is -0.129. The van der Waals surface area contributed by atoms with Crippen LogP contribution in [0.1, 0.15) is 43.7 Å². The number of allylic oxidation sites excluding steroid dienone is 5. The molecule has 2 heterocycles. The van der Waals surface area contributed by atoms with Gasteiger partial charge in [0.05, 0.1) is 17.3 Å². The van der Waals surface area contributed by atoms with E-state index >= 15 is 0 Å². The summed E-state index contributed by atoms with van der Waals surface area (Å²) in [6.45, 7) is 6.58. The van der Waals surface area contributed by atoms with Crippen LogP contribution in [-0.2, 0) is 10.2 Å². The number of hydrogen-bond donors (Lipinski definition) is 1. The van der Waals surface area contributed by atoms with Gasteiger partial charge >= 0.3 is 0 Å². The maximum atomic E-state index is 13.2. The van der Waals surface area contributed by atoms with Crippen molar-refractivity contribution < 1.29 is 4.79 Å². The third kappa shape index (κ3) is 4.46. The largest absolute Gasteiger partial charge is 0.376 e. The third-order valence-electron chi connectivity index (χ3n) is 8.92. The van der Waals surface area contributed by atoms with E-state index in [4.69, 9.17) is 23.2 Å². The number of amides is 1. The predicted molar refractivity (Wildman–Crippen MR) is 148 cm³/mol. The number of benzene rings is 1. The monoisotopic (exact) mass is 523 g/mol. The van der Waals surface area contributed by atoms with Crippen molar-refractivity contribution in [2.24, 2.45) is 5.92 Å². The topological polar surface area (TPSA) is 35.6 Å². The molecule has 4 nitrogen and oxygen atoms in total. The lowest BCUT2D eigenvalue weighted by atomic mass is 9.68. The van der Waals surface area contributed by atoms with Gasteiger partial charge in [0, 0.05) is 36.8 Å². The van der Waals surface area contributed by atoms with Gasteiger partial charge in [0.1, 0.15) is 0 Å². The number of nitrogens with one attached hydrogen (secondary N) is 1. The van der Waals surface area contributed by atoms with Gasteiger partial charge in [-0.2, -0.15) is 0 Å². The quantitative estimate of drug-likeness (QED) is 0.535. The Labute approximate surface area is 224 Å². The highest BCUT2D eigenvalue weighted by Crippen LogP contribution is 2.47. The molecular formula is C30H35Cl2N3O. The van der Waals surface area contributed by atoms with Crippen molar-refractivity contribution in [2.45, 2.75) is 54.8 Å². The zero-order valence-corrected chi connectivity index (χ0v) is 22.4. The summed E-state index contributed by atoms with van der Waals surface area (Å²) in [7, 11) is 0. The van der Waals surface area contributed by atoms with E-state index in [-0.39, 0.29) is 22.1 Å². The minimum absolute atomic E-state index is 0.172. The molecule has 2 aliphatic heterocycles. The molecular weight excluding hydrogens is 489 g/mol. The summed E-state index contributed by atoms with van der Waals surface area (Å²) in [5.74, 6) is 0.740. The zero-order valence-electron chi connectivity index (χ0n) is 20.9. The van der Waals surface area contributed by atoms with Gasteiger partial charge in [0.15, 0.2) is 0 Å². The molecule has 0 aromatic heterocycles. The van der Waals surface area contributed by atoms with Gasteiger partial charge in [-0.15, -0.1) is 23.2 Å². The molecule has 1 spiro atoms. The van der Waals surface area contributed by atoms with Crippen LogP contribution in [0.3, 0.4) is 0 Å². The number of halogens is 2. The number of rotatable bonds is 5. The number of carbonyl (C=O) groups is 1. The molecule has 1 aromatic carbocycles. The van der Waals surface area contributed by atoms with Crippen LogP contribution in [-0.4, -0.2) is 65.2 Å². The Morgan fingerprint density at radius 1 is 1.11 bits per heavy atom. The van der Waals surface area contributed by atoms with Crippen molar-refractivity contribution in [3.63, 3.8) is 0 Å². The first-order valence-corrected chi connectivity index (χ1v) is 14.3. The predicted octanol–water partition coefficient (Wildman–Crippen LogP) is 5.24. The number of likely N-dealkylation sites (tertiary alicyclic amines) is 2. The van der Waals surface area contributed by atoms with Crippen LogP contribution in [0.2, 0.25) is 0 Å². The summed E-state index contributed by atoms with van der Waals surface area (Å²) in [5.41, 5.74) is 6.55. The van der Waals surface area contributed by atoms with Gasteiger partial charge in [0.25, 0.3) is 0 Å².